The van der Waals surface area contributed by atoms with E-state index in [1.807, 2.05) is 0 Å². The molecule has 1 saturated heterocycles. The van der Waals surface area contributed by atoms with Crippen molar-refractivity contribution >= 4 is 0 Å². The van der Waals surface area contributed by atoms with Gasteiger partial charge in [0.25, 0.3) is 0 Å². The molecule has 0 amide bonds. The number of hydrogen-bond donors (Lipinski definition) is 1. The first-order chi connectivity index (χ1) is 4.88. The summed E-state index contributed by atoms with van der Waals surface area (Å²) in [5.41, 5.74) is 0.900. The molecule has 3 fully saturated rings. The zero-order chi connectivity index (χ0) is 6.60. The third-order valence-electron chi connectivity index (χ3n) is 3.83. The minimum Gasteiger partial charge on any atom is -0.316 e. The van der Waals surface area contributed by atoms with Crippen molar-refractivity contribution in [2.75, 3.05) is 13.1 Å². The van der Waals surface area contributed by atoms with Crippen LogP contribution < -0.4 is 5.32 Å². The highest BCUT2D eigenvalue weighted by molar-refractivity contribution is 5.05. The number of hydrogen-bond acceptors (Lipinski definition) is 1. The van der Waals surface area contributed by atoms with E-state index in [4.69, 9.17) is 0 Å². The zero-order valence-corrected chi connectivity index (χ0v) is 6.40. The van der Waals surface area contributed by atoms with Crippen molar-refractivity contribution in [3.05, 3.63) is 0 Å². The van der Waals surface area contributed by atoms with Gasteiger partial charge in [-0.3, -0.25) is 0 Å². The summed E-state index contributed by atoms with van der Waals surface area (Å²) in [6, 6.07) is 0. The van der Waals surface area contributed by atoms with Gasteiger partial charge >= 0.3 is 0 Å². The van der Waals surface area contributed by atoms with E-state index in [1.54, 1.807) is 25.7 Å². The van der Waals surface area contributed by atoms with Crippen molar-refractivity contribution in [1.82, 2.24) is 5.32 Å². The number of nitrogens with one attached hydrogen (secondary N) is 1. The highest BCUT2D eigenvalue weighted by atomic mass is 14.9. The van der Waals surface area contributed by atoms with Gasteiger partial charge in [-0.25, -0.2) is 0 Å². The van der Waals surface area contributed by atoms with Gasteiger partial charge in [0.15, 0.2) is 0 Å². The summed E-state index contributed by atoms with van der Waals surface area (Å²) in [6.45, 7) is 2.65. The predicted octanol–water partition coefficient (Wildman–Crippen LogP) is 1.40. The molecule has 1 N–H and O–H groups in total. The third kappa shape index (κ3) is 0.619. The minimum atomic E-state index is 0.900. The van der Waals surface area contributed by atoms with E-state index in [0.717, 1.165) is 17.3 Å². The van der Waals surface area contributed by atoms with Crippen LogP contribution in [-0.4, -0.2) is 13.1 Å². The molecule has 1 heteroatoms. The van der Waals surface area contributed by atoms with Gasteiger partial charge in [0, 0.05) is 0 Å². The molecule has 10 heavy (non-hydrogen) atoms. The van der Waals surface area contributed by atoms with Gasteiger partial charge in [-0.1, -0.05) is 0 Å². The second-order valence-electron chi connectivity index (χ2n) is 4.59. The summed E-state index contributed by atoms with van der Waals surface area (Å²) >= 11 is 0. The third-order valence-corrected chi connectivity index (χ3v) is 3.83. The normalized spacial score (nSPS) is 48.0. The molecular weight excluding hydrogens is 122 g/mol. The Bertz CT molecular complexity index is 146. The maximum Gasteiger partial charge on any atom is -0.00171 e. The van der Waals surface area contributed by atoms with Crippen LogP contribution in [0, 0.1) is 17.3 Å². The van der Waals surface area contributed by atoms with Gasteiger partial charge in [0.05, 0.1) is 0 Å². The van der Waals surface area contributed by atoms with Crippen LogP contribution in [0.25, 0.3) is 0 Å². The van der Waals surface area contributed by atoms with Crippen molar-refractivity contribution in [1.29, 1.82) is 0 Å². The minimum absolute atomic E-state index is 0.900. The maximum atomic E-state index is 3.49. The predicted molar refractivity (Wildman–Crippen MR) is 40.8 cm³/mol. The first-order valence-corrected chi connectivity index (χ1v) is 4.59. The highest BCUT2D eigenvalue weighted by Gasteiger charge is 2.53. The fourth-order valence-electron chi connectivity index (χ4n) is 3.05. The molecule has 0 aromatic rings. The van der Waals surface area contributed by atoms with Crippen LogP contribution in [0.1, 0.15) is 25.7 Å². The molecule has 2 atom stereocenters. The molecule has 1 spiro atoms. The van der Waals surface area contributed by atoms with Crippen molar-refractivity contribution in [3.8, 4) is 0 Å². The van der Waals surface area contributed by atoms with Crippen molar-refractivity contribution < 1.29 is 0 Å². The van der Waals surface area contributed by atoms with Gasteiger partial charge in [-0.15, -0.1) is 0 Å². The molecule has 3 rings (SSSR count). The number of fused-ring (bicyclic) bond motifs is 1. The van der Waals surface area contributed by atoms with Crippen molar-refractivity contribution in [3.63, 3.8) is 0 Å². The fraction of sp³-hybridized carbons (Fsp3) is 1.00. The van der Waals surface area contributed by atoms with Crippen LogP contribution in [0.4, 0.5) is 0 Å². The lowest BCUT2D eigenvalue weighted by Crippen LogP contribution is -2.12. The second-order valence-corrected chi connectivity index (χ2v) is 4.59. The van der Waals surface area contributed by atoms with E-state index in [0.29, 0.717) is 0 Å². The summed E-state index contributed by atoms with van der Waals surface area (Å²) in [4.78, 5) is 0. The van der Waals surface area contributed by atoms with Gasteiger partial charge < -0.3 is 5.32 Å². The Labute approximate surface area is 62.2 Å². The van der Waals surface area contributed by atoms with Crippen LogP contribution >= 0.6 is 0 Å². The van der Waals surface area contributed by atoms with Crippen LogP contribution in [0.3, 0.4) is 0 Å². The first-order valence-electron chi connectivity index (χ1n) is 4.59. The van der Waals surface area contributed by atoms with Crippen LogP contribution in [0.5, 0.6) is 0 Å². The van der Waals surface area contributed by atoms with Gasteiger partial charge in [-0.05, 0) is 56.0 Å². The van der Waals surface area contributed by atoms with Crippen LogP contribution in [-0.2, 0) is 0 Å². The standard InChI is InChI=1S/C9H15N/c1-2-9(1)3-7-5-10-6-8(7)4-9/h7-8,10H,1-6H2/t7-,8?/m1/s1. The second kappa shape index (κ2) is 1.58. The molecular formula is C9H15N. The number of rotatable bonds is 0. The Morgan fingerprint density at radius 3 is 2.10 bits per heavy atom. The molecule has 0 bridgehead atoms. The first kappa shape index (κ1) is 5.59. The molecule has 1 aliphatic heterocycles. The Kier molecular flexibility index (Phi) is 0.883. The zero-order valence-electron chi connectivity index (χ0n) is 6.40. The smallest absolute Gasteiger partial charge is 0.00171 e. The van der Waals surface area contributed by atoms with E-state index < -0.39 is 0 Å². The summed E-state index contributed by atoms with van der Waals surface area (Å²) < 4.78 is 0. The molecule has 2 saturated carbocycles. The Balaban J connectivity index is 1.82. The summed E-state index contributed by atoms with van der Waals surface area (Å²) in [5.74, 6) is 2.14. The molecule has 0 radical (unpaired) electrons. The van der Waals surface area contributed by atoms with E-state index in [-0.39, 0.29) is 0 Å². The quantitative estimate of drug-likeness (QED) is 0.532. The van der Waals surface area contributed by atoms with E-state index >= 15 is 0 Å². The van der Waals surface area contributed by atoms with E-state index in [2.05, 4.69) is 5.32 Å². The lowest BCUT2D eigenvalue weighted by atomic mass is 10.0. The molecule has 1 unspecified atom stereocenters. The summed E-state index contributed by atoms with van der Waals surface area (Å²) in [7, 11) is 0. The van der Waals surface area contributed by atoms with Crippen molar-refractivity contribution in [2.45, 2.75) is 25.7 Å². The Morgan fingerprint density at radius 1 is 1.00 bits per heavy atom. The van der Waals surface area contributed by atoms with E-state index in [1.165, 1.54) is 13.1 Å². The molecule has 0 aromatic carbocycles. The van der Waals surface area contributed by atoms with Gasteiger partial charge in [0.2, 0.25) is 0 Å². The average Bonchev–Trinajstić information content (AvgIpc) is 2.28. The molecule has 0 aromatic heterocycles. The molecule has 56 valence electrons. The topological polar surface area (TPSA) is 12.0 Å². The Morgan fingerprint density at radius 2 is 1.60 bits per heavy atom. The lowest BCUT2D eigenvalue weighted by molar-refractivity contribution is 0.476. The molecule has 2 aliphatic carbocycles. The largest absolute Gasteiger partial charge is 0.316 e. The SMILES string of the molecule is C1NC[C@H]2CC3(CC3)CC12. The van der Waals surface area contributed by atoms with Gasteiger partial charge in [-0.2, -0.15) is 0 Å². The fourth-order valence-corrected chi connectivity index (χ4v) is 3.05. The summed E-state index contributed by atoms with van der Waals surface area (Å²) in [5, 5.41) is 3.49. The van der Waals surface area contributed by atoms with Gasteiger partial charge in [0.1, 0.15) is 0 Å². The lowest BCUT2D eigenvalue weighted by Gasteiger charge is -2.05. The maximum absolute atomic E-state index is 3.49. The molecule has 3 aliphatic rings. The summed E-state index contributed by atoms with van der Waals surface area (Å²) in [6.07, 6.45) is 6.23. The molecule has 1 nitrogen and oxygen atoms in total. The highest BCUT2D eigenvalue weighted by Crippen LogP contribution is 2.62. The monoisotopic (exact) mass is 137 g/mol. The average molecular weight is 137 g/mol. The van der Waals surface area contributed by atoms with Crippen molar-refractivity contribution in [2.24, 2.45) is 17.3 Å². The Hall–Kier alpha value is -0.0400. The van der Waals surface area contributed by atoms with Crippen LogP contribution in [0.15, 0.2) is 0 Å². The van der Waals surface area contributed by atoms with Crippen LogP contribution in [0.2, 0.25) is 0 Å². The molecule has 1 heterocycles. The van der Waals surface area contributed by atoms with E-state index in [9.17, 15) is 0 Å².